The Kier molecular flexibility index (Phi) is 7.01. The van der Waals surface area contributed by atoms with Gasteiger partial charge in [-0.1, -0.05) is 0 Å². The number of carbonyl (C=O) groups excluding carboxylic acids is 2. The van der Waals surface area contributed by atoms with Gasteiger partial charge in [-0.15, -0.1) is 0 Å². The normalized spacial score (nSPS) is 38.9. The van der Waals surface area contributed by atoms with Gasteiger partial charge in [0.05, 0.1) is 24.0 Å². The largest absolute Gasteiger partial charge is 0.391 e. The number of ether oxygens (including phenoxy) is 1. The topological polar surface area (TPSA) is 67.4 Å². The average molecular weight is 426 g/mol. The van der Waals surface area contributed by atoms with Crippen LogP contribution in [0.1, 0.15) is 51.4 Å². The maximum Gasteiger partial charge on any atom is 0.391 e. The van der Waals surface area contributed by atoms with Gasteiger partial charge in [-0.05, 0) is 38.5 Å². The SMILES string of the molecule is O=C1CC(NC(=O)C2CCC(C(F)(F)F)CC2OC2CCC(F)CC2F)CCN1. The first kappa shape index (κ1) is 22.2. The predicted molar refractivity (Wildman–Crippen MR) is 93.4 cm³/mol. The molecule has 2 amide bonds. The zero-order valence-electron chi connectivity index (χ0n) is 16.0. The molecule has 1 saturated heterocycles. The third kappa shape index (κ3) is 5.79. The summed E-state index contributed by atoms with van der Waals surface area (Å²) in [5.41, 5.74) is 0. The highest BCUT2D eigenvalue weighted by molar-refractivity contribution is 5.82. The molecule has 0 radical (unpaired) electrons. The van der Waals surface area contributed by atoms with E-state index >= 15 is 0 Å². The number of hydrogen-bond donors (Lipinski definition) is 2. The molecule has 7 atom stereocenters. The molecule has 1 heterocycles. The van der Waals surface area contributed by atoms with Crippen LogP contribution in [0, 0.1) is 11.8 Å². The third-order valence-corrected chi connectivity index (χ3v) is 6.18. The van der Waals surface area contributed by atoms with Gasteiger partial charge in [-0.25, -0.2) is 8.78 Å². The highest BCUT2D eigenvalue weighted by Gasteiger charge is 2.48. The Morgan fingerprint density at radius 1 is 1.03 bits per heavy atom. The van der Waals surface area contributed by atoms with Crippen molar-refractivity contribution in [2.75, 3.05) is 6.54 Å². The smallest absolute Gasteiger partial charge is 0.371 e. The van der Waals surface area contributed by atoms with E-state index in [0.717, 1.165) is 0 Å². The van der Waals surface area contributed by atoms with Crippen LogP contribution in [-0.2, 0) is 14.3 Å². The summed E-state index contributed by atoms with van der Waals surface area (Å²) < 4.78 is 73.0. The minimum atomic E-state index is -4.42. The van der Waals surface area contributed by atoms with E-state index in [1.54, 1.807) is 0 Å². The number of rotatable bonds is 4. The zero-order chi connectivity index (χ0) is 21.2. The minimum Gasteiger partial charge on any atom is -0.371 e. The van der Waals surface area contributed by atoms with Crippen molar-refractivity contribution in [2.45, 2.75) is 88.1 Å². The van der Waals surface area contributed by atoms with Gasteiger partial charge in [0.1, 0.15) is 12.3 Å². The molecule has 29 heavy (non-hydrogen) atoms. The predicted octanol–water partition coefficient (Wildman–Crippen LogP) is 2.97. The number of piperidine rings is 1. The lowest BCUT2D eigenvalue weighted by Crippen LogP contribution is -2.52. The van der Waals surface area contributed by atoms with Crippen LogP contribution in [0.4, 0.5) is 22.0 Å². The summed E-state index contributed by atoms with van der Waals surface area (Å²) in [6.45, 7) is 0.417. The van der Waals surface area contributed by atoms with Crippen molar-refractivity contribution in [3.63, 3.8) is 0 Å². The van der Waals surface area contributed by atoms with E-state index in [4.69, 9.17) is 4.74 Å². The van der Waals surface area contributed by atoms with Crippen LogP contribution in [0.2, 0.25) is 0 Å². The molecule has 2 saturated carbocycles. The Balaban J connectivity index is 1.67. The van der Waals surface area contributed by atoms with E-state index in [-0.39, 0.29) is 50.5 Å². The third-order valence-electron chi connectivity index (χ3n) is 6.18. The van der Waals surface area contributed by atoms with Crippen LogP contribution in [0.3, 0.4) is 0 Å². The van der Waals surface area contributed by atoms with Gasteiger partial charge in [0, 0.05) is 25.4 Å². The lowest BCUT2D eigenvalue weighted by atomic mass is 9.78. The van der Waals surface area contributed by atoms with Crippen molar-refractivity contribution < 1.29 is 36.3 Å². The van der Waals surface area contributed by atoms with E-state index < -0.39 is 54.9 Å². The summed E-state index contributed by atoms with van der Waals surface area (Å²) in [6.07, 6.45) is -9.58. The number of halogens is 5. The minimum absolute atomic E-state index is 0.0327. The molecule has 0 aromatic rings. The first-order valence-electron chi connectivity index (χ1n) is 10.2. The fraction of sp³-hybridized carbons (Fsp3) is 0.895. The molecular formula is C19H27F5N2O3. The molecule has 3 aliphatic rings. The highest BCUT2D eigenvalue weighted by atomic mass is 19.4. The standard InChI is InChI=1S/C19H27F5N2O3/c20-11-2-4-15(14(21)8-11)29-16-7-10(19(22,23)24)1-3-13(16)18(28)26-12-5-6-25-17(27)9-12/h10-16H,1-9H2,(H,25,27)(H,26,28). The number of carbonyl (C=O) groups is 2. The highest BCUT2D eigenvalue weighted by Crippen LogP contribution is 2.42. The van der Waals surface area contributed by atoms with E-state index in [1.165, 1.54) is 0 Å². The summed E-state index contributed by atoms with van der Waals surface area (Å²) in [5.74, 6) is -3.13. The van der Waals surface area contributed by atoms with E-state index in [1.807, 2.05) is 0 Å². The first-order chi connectivity index (χ1) is 13.6. The fourth-order valence-corrected chi connectivity index (χ4v) is 4.51. The van der Waals surface area contributed by atoms with Crippen molar-refractivity contribution in [2.24, 2.45) is 11.8 Å². The molecule has 2 aliphatic carbocycles. The number of nitrogens with one attached hydrogen (secondary N) is 2. The maximum atomic E-state index is 14.2. The Morgan fingerprint density at radius 3 is 2.45 bits per heavy atom. The monoisotopic (exact) mass is 426 g/mol. The van der Waals surface area contributed by atoms with Gasteiger partial charge in [0.25, 0.3) is 0 Å². The average Bonchev–Trinajstić information content (AvgIpc) is 2.63. The van der Waals surface area contributed by atoms with Crippen molar-refractivity contribution >= 4 is 11.8 Å². The molecule has 0 spiro atoms. The van der Waals surface area contributed by atoms with Crippen molar-refractivity contribution in [1.82, 2.24) is 10.6 Å². The maximum absolute atomic E-state index is 14.2. The molecule has 1 aliphatic heterocycles. The lowest BCUT2D eigenvalue weighted by Gasteiger charge is -2.40. The van der Waals surface area contributed by atoms with Crippen LogP contribution in [-0.4, -0.2) is 55.1 Å². The molecule has 0 bridgehead atoms. The molecule has 10 heteroatoms. The summed E-state index contributed by atoms with van der Waals surface area (Å²) in [5, 5.41) is 5.39. The first-order valence-corrected chi connectivity index (χ1v) is 10.2. The van der Waals surface area contributed by atoms with Crippen LogP contribution < -0.4 is 10.6 Å². The molecule has 7 unspecified atom stereocenters. The summed E-state index contributed by atoms with van der Waals surface area (Å²) in [7, 11) is 0. The van der Waals surface area contributed by atoms with E-state index in [2.05, 4.69) is 10.6 Å². The molecule has 0 aromatic carbocycles. The van der Waals surface area contributed by atoms with E-state index in [9.17, 15) is 31.5 Å². The molecule has 0 aromatic heterocycles. The molecule has 2 N–H and O–H groups in total. The second-order valence-corrected chi connectivity index (χ2v) is 8.35. The van der Waals surface area contributed by atoms with Gasteiger partial charge in [0.2, 0.25) is 11.8 Å². The summed E-state index contributed by atoms with van der Waals surface area (Å²) in [4.78, 5) is 24.2. The van der Waals surface area contributed by atoms with Crippen LogP contribution in [0.25, 0.3) is 0 Å². The molecule has 3 fully saturated rings. The molecule has 166 valence electrons. The quantitative estimate of drug-likeness (QED) is 0.680. The van der Waals surface area contributed by atoms with Gasteiger partial charge in [-0.2, -0.15) is 13.2 Å². The van der Waals surface area contributed by atoms with Crippen molar-refractivity contribution in [1.29, 1.82) is 0 Å². The Morgan fingerprint density at radius 2 is 1.79 bits per heavy atom. The molecule has 5 nitrogen and oxygen atoms in total. The Hall–Kier alpha value is -1.45. The van der Waals surface area contributed by atoms with Gasteiger partial charge in [0.15, 0.2) is 0 Å². The Labute approximate surface area is 166 Å². The van der Waals surface area contributed by atoms with Gasteiger partial charge >= 0.3 is 6.18 Å². The van der Waals surface area contributed by atoms with Gasteiger partial charge in [-0.3, -0.25) is 9.59 Å². The fourth-order valence-electron chi connectivity index (χ4n) is 4.51. The van der Waals surface area contributed by atoms with Crippen LogP contribution in [0.5, 0.6) is 0 Å². The van der Waals surface area contributed by atoms with Crippen LogP contribution in [0.15, 0.2) is 0 Å². The zero-order valence-corrected chi connectivity index (χ0v) is 16.0. The molecule has 3 rings (SSSR count). The number of hydrogen-bond acceptors (Lipinski definition) is 3. The molecular weight excluding hydrogens is 399 g/mol. The lowest BCUT2D eigenvalue weighted by molar-refractivity contribution is -0.206. The van der Waals surface area contributed by atoms with Gasteiger partial charge < -0.3 is 15.4 Å². The van der Waals surface area contributed by atoms with E-state index in [0.29, 0.717) is 13.0 Å². The number of alkyl halides is 5. The van der Waals surface area contributed by atoms with Crippen molar-refractivity contribution in [3.8, 4) is 0 Å². The number of amides is 2. The van der Waals surface area contributed by atoms with Crippen molar-refractivity contribution in [3.05, 3.63) is 0 Å². The second-order valence-electron chi connectivity index (χ2n) is 8.35. The Bertz CT molecular complexity index is 603. The second kappa shape index (κ2) is 9.14. The van der Waals surface area contributed by atoms with Crippen LogP contribution >= 0.6 is 0 Å². The summed E-state index contributed by atoms with van der Waals surface area (Å²) in [6, 6.07) is -0.381. The summed E-state index contributed by atoms with van der Waals surface area (Å²) >= 11 is 0.